The van der Waals surface area contributed by atoms with Gasteiger partial charge in [-0.05, 0) is 38.0 Å². The molecule has 7 nitrogen and oxygen atoms in total. The van der Waals surface area contributed by atoms with Gasteiger partial charge in [-0.25, -0.2) is 9.78 Å². The van der Waals surface area contributed by atoms with Gasteiger partial charge in [-0.15, -0.1) is 0 Å². The van der Waals surface area contributed by atoms with Crippen LogP contribution in [0.15, 0.2) is 12.1 Å². The Labute approximate surface area is 126 Å². The van der Waals surface area contributed by atoms with E-state index < -0.39 is 10.9 Å². The standard InChI is InChI=1S/C13H17N3O4S/c1-21-9-4-2-8(3-5-9)14-12-11(16(19)20)7-6-10(15-12)13(17)18/h6-9H,2-5H2,1H3,(H,14,15)(H,17,18). The number of aromatic nitrogens is 1. The zero-order chi connectivity index (χ0) is 15.4. The lowest BCUT2D eigenvalue weighted by Gasteiger charge is -2.28. The zero-order valence-corrected chi connectivity index (χ0v) is 12.4. The lowest BCUT2D eigenvalue weighted by molar-refractivity contribution is -0.384. The topological polar surface area (TPSA) is 105 Å². The van der Waals surface area contributed by atoms with Crippen LogP contribution in [0.4, 0.5) is 11.5 Å². The molecule has 2 rings (SSSR count). The zero-order valence-electron chi connectivity index (χ0n) is 11.6. The number of carbonyl (C=O) groups is 1. The molecule has 0 bridgehead atoms. The van der Waals surface area contributed by atoms with E-state index in [2.05, 4.69) is 16.6 Å². The van der Waals surface area contributed by atoms with E-state index in [1.807, 2.05) is 11.8 Å². The van der Waals surface area contributed by atoms with Gasteiger partial charge in [0, 0.05) is 17.4 Å². The van der Waals surface area contributed by atoms with Crippen molar-refractivity contribution in [2.45, 2.75) is 37.0 Å². The van der Waals surface area contributed by atoms with Crippen LogP contribution in [0.1, 0.15) is 36.2 Å². The van der Waals surface area contributed by atoms with Gasteiger partial charge in [0.25, 0.3) is 0 Å². The average molecular weight is 311 g/mol. The van der Waals surface area contributed by atoms with Gasteiger partial charge in [-0.3, -0.25) is 10.1 Å². The van der Waals surface area contributed by atoms with Crippen LogP contribution < -0.4 is 5.32 Å². The number of nitrogens with one attached hydrogen (secondary N) is 1. The van der Waals surface area contributed by atoms with E-state index in [4.69, 9.17) is 5.11 Å². The summed E-state index contributed by atoms with van der Waals surface area (Å²) in [6.07, 6.45) is 5.99. The number of pyridine rings is 1. The lowest BCUT2D eigenvalue weighted by atomic mass is 9.95. The van der Waals surface area contributed by atoms with Crippen LogP contribution in [-0.2, 0) is 0 Å². The predicted octanol–water partition coefficient (Wildman–Crippen LogP) is 2.77. The Balaban J connectivity index is 2.15. The van der Waals surface area contributed by atoms with Crippen molar-refractivity contribution in [3.63, 3.8) is 0 Å². The van der Waals surface area contributed by atoms with Crippen molar-refractivity contribution in [1.82, 2.24) is 4.98 Å². The van der Waals surface area contributed by atoms with Gasteiger partial charge in [-0.2, -0.15) is 11.8 Å². The fourth-order valence-electron chi connectivity index (χ4n) is 2.46. The highest BCUT2D eigenvalue weighted by molar-refractivity contribution is 7.99. The summed E-state index contributed by atoms with van der Waals surface area (Å²) in [7, 11) is 0. The van der Waals surface area contributed by atoms with Gasteiger partial charge >= 0.3 is 11.7 Å². The lowest BCUT2D eigenvalue weighted by Crippen LogP contribution is -2.28. The summed E-state index contributed by atoms with van der Waals surface area (Å²) in [6, 6.07) is 2.44. The maximum absolute atomic E-state index is 11.0. The SMILES string of the molecule is CSC1CCC(Nc2nc(C(=O)O)ccc2[N+](=O)[O-])CC1. The molecule has 114 valence electrons. The molecule has 0 aliphatic heterocycles. The Hall–Kier alpha value is -1.83. The molecule has 2 N–H and O–H groups in total. The second kappa shape index (κ2) is 6.75. The second-order valence-corrected chi connectivity index (χ2v) is 6.12. The highest BCUT2D eigenvalue weighted by atomic mass is 32.2. The number of carboxylic acids is 1. The molecule has 0 radical (unpaired) electrons. The first-order chi connectivity index (χ1) is 10.0. The van der Waals surface area contributed by atoms with Gasteiger partial charge in [0.05, 0.1) is 4.92 Å². The van der Waals surface area contributed by atoms with E-state index in [0.717, 1.165) is 31.7 Å². The molecule has 0 aromatic carbocycles. The second-order valence-electron chi connectivity index (χ2n) is 4.98. The fourth-order valence-corrected chi connectivity index (χ4v) is 3.20. The molecule has 1 fully saturated rings. The molecule has 1 heterocycles. The average Bonchev–Trinajstić information content (AvgIpc) is 2.47. The van der Waals surface area contributed by atoms with Crippen molar-refractivity contribution >= 4 is 29.2 Å². The van der Waals surface area contributed by atoms with E-state index in [1.165, 1.54) is 6.07 Å². The Kier molecular flexibility index (Phi) is 5.00. The van der Waals surface area contributed by atoms with Crippen LogP contribution in [-0.4, -0.2) is 38.5 Å². The van der Waals surface area contributed by atoms with Gasteiger partial charge in [-0.1, -0.05) is 0 Å². The largest absolute Gasteiger partial charge is 0.477 e. The number of thioether (sulfide) groups is 1. The first kappa shape index (κ1) is 15.6. The van der Waals surface area contributed by atoms with E-state index in [1.54, 1.807) is 0 Å². The van der Waals surface area contributed by atoms with E-state index in [9.17, 15) is 14.9 Å². The van der Waals surface area contributed by atoms with Gasteiger partial charge in [0.15, 0.2) is 5.69 Å². The van der Waals surface area contributed by atoms with Crippen LogP contribution in [0.25, 0.3) is 0 Å². The summed E-state index contributed by atoms with van der Waals surface area (Å²) < 4.78 is 0. The third-order valence-corrected chi connectivity index (χ3v) is 4.78. The first-order valence-corrected chi connectivity index (χ1v) is 7.98. The Morgan fingerprint density at radius 2 is 2.10 bits per heavy atom. The molecule has 0 spiro atoms. The third-order valence-electron chi connectivity index (χ3n) is 3.64. The minimum absolute atomic E-state index is 0.0486. The smallest absolute Gasteiger partial charge is 0.354 e. The van der Waals surface area contributed by atoms with Crippen LogP contribution >= 0.6 is 11.8 Å². The summed E-state index contributed by atoms with van der Waals surface area (Å²) >= 11 is 1.84. The normalized spacial score (nSPS) is 21.8. The molecular weight excluding hydrogens is 294 g/mol. The third kappa shape index (κ3) is 3.84. The van der Waals surface area contributed by atoms with Crippen LogP contribution in [0.2, 0.25) is 0 Å². The molecule has 21 heavy (non-hydrogen) atoms. The summed E-state index contributed by atoms with van der Waals surface area (Å²) in [5.41, 5.74) is -0.382. The maximum atomic E-state index is 11.0. The summed E-state index contributed by atoms with van der Waals surface area (Å²) in [5.74, 6) is -1.15. The molecule has 0 atom stereocenters. The maximum Gasteiger partial charge on any atom is 0.354 e. The number of nitrogens with zero attached hydrogens (tertiary/aromatic N) is 2. The summed E-state index contributed by atoms with van der Waals surface area (Å²) in [4.78, 5) is 25.3. The number of aromatic carboxylic acids is 1. The highest BCUT2D eigenvalue weighted by Crippen LogP contribution is 2.30. The first-order valence-electron chi connectivity index (χ1n) is 6.69. The van der Waals surface area contributed by atoms with Gasteiger partial charge < -0.3 is 10.4 Å². The molecule has 1 aromatic heterocycles. The van der Waals surface area contributed by atoms with Gasteiger partial charge in [0.1, 0.15) is 0 Å². The Morgan fingerprint density at radius 1 is 1.43 bits per heavy atom. The number of hydrogen-bond donors (Lipinski definition) is 2. The van der Waals surface area contributed by atoms with Crippen molar-refractivity contribution in [2.24, 2.45) is 0 Å². The Morgan fingerprint density at radius 3 is 2.62 bits per heavy atom. The van der Waals surface area contributed by atoms with Crippen LogP contribution in [0, 0.1) is 10.1 Å². The molecule has 0 unspecified atom stereocenters. The van der Waals surface area contributed by atoms with E-state index in [0.29, 0.717) is 5.25 Å². The van der Waals surface area contributed by atoms with Crippen LogP contribution in [0.3, 0.4) is 0 Å². The van der Waals surface area contributed by atoms with Gasteiger partial charge in [0.2, 0.25) is 5.82 Å². The van der Waals surface area contributed by atoms with Crippen LogP contribution in [0.5, 0.6) is 0 Å². The highest BCUT2D eigenvalue weighted by Gasteiger charge is 2.24. The Bertz CT molecular complexity index is 544. The number of rotatable bonds is 5. The molecule has 1 aromatic rings. The fraction of sp³-hybridized carbons (Fsp3) is 0.538. The summed E-state index contributed by atoms with van der Waals surface area (Å²) in [5, 5.41) is 23.6. The number of nitro groups is 1. The minimum atomic E-state index is -1.20. The molecule has 8 heteroatoms. The van der Waals surface area contributed by atoms with Crippen molar-refractivity contribution in [2.75, 3.05) is 11.6 Å². The molecular formula is C13H17N3O4S. The summed E-state index contributed by atoms with van der Waals surface area (Å²) in [6.45, 7) is 0. The number of carboxylic acid groups (broad SMARTS) is 1. The monoisotopic (exact) mass is 311 g/mol. The van der Waals surface area contributed by atoms with E-state index in [-0.39, 0.29) is 23.2 Å². The van der Waals surface area contributed by atoms with Crippen molar-refractivity contribution in [3.8, 4) is 0 Å². The van der Waals surface area contributed by atoms with E-state index >= 15 is 0 Å². The minimum Gasteiger partial charge on any atom is -0.477 e. The molecule has 1 aliphatic carbocycles. The number of hydrogen-bond acceptors (Lipinski definition) is 6. The molecule has 0 saturated heterocycles. The molecule has 1 aliphatic rings. The van der Waals surface area contributed by atoms with Crippen molar-refractivity contribution < 1.29 is 14.8 Å². The predicted molar refractivity (Wildman–Crippen MR) is 81.0 cm³/mol. The molecule has 0 amide bonds. The molecule has 1 saturated carbocycles. The van der Waals surface area contributed by atoms with Crippen molar-refractivity contribution in [3.05, 3.63) is 27.9 Å². The van der Waals surface area contributed by atoms with Crippen molar-refractivity contribution in [1.29, 1.82) is 0 Å². The quantitative estimate of drug-likeness (QED) is 0.636. The number of anilines is 1.